The predicted molar refractivity (Wildman–Crippen MR) is 98.9 cm³/mol. The molecule has 0 saturated carbocycles. The Morgan fingerprint density at radius 2 is 2.00 bits per heavy atom. The van der Waals surface area contributed by atoms with Gasteiger partial charge in [-0.3, -0.25) is 4.98 Å². The van der Waals surface area contributed by atoms with Crippen molar-refractivity contribution in [2.45, 2.75) is 25.8 Å². The van der Waals surface area contributed by atoms with Gasteiger partial charge in [0.05, 0.1) is 23.0 Å². The van der Waals surface area contributed by atoms with Gasteiger partial charge in [0.15, 0.2) is 0 Å². The lowest BCUT2D eigenvalue weighted by Crippen LogP contribution is -2.47. The lowest BCUT2D eigenvalue weighted by Gasteiger charge is -2.38. The molecule has 0 aliphatic carbocycles. The fourth-order valence-electron chi connectivity index (χ4n) is 3.69. The molecule has 0 N–H and O–H groups in total. The number of sulfonamides is 1. The molecule has 132 valence electrons. The summed E-state index contributed by atoms with van der Waals surface area (Å²) >= 11 is 0. The van der Waals surface area contributed by atoms with E-state index in [1.165, 1.54) is 6.26 Å². The second-order valence-electron chi connectivity index (χ2n) is 6.33. The van der Waals surface area contributed by atoms with E-state index < -0.39 is 10.0 Å². The summed E-state index contributed by atoms with van der Waals surface area (Å²) in [6, 6.07) is 10.1. The Morgan fingerprint density at radius 1 is 1.32 bits per heavy atom. The number of pyridine rings is 1. The molecule has 25 heavy (non-hydrogen) atoms. The van der Waals surface area contributed by atoms with Crippen LogP contribution in [0.15, 0.2) is 30.5 Å². The Labute approximate surface area is 148 Å². The quantitative estimate of drug-likeness (QED) is 0.838. The maximum absolute atomic E-state index is 11.9. The van der Waals surface area contributed by atoms with Crippen molar-refractivity contribution in [1.29, 1.82) is 5.26 Å². The lowest BCUT2D eigenvalue weighted by molar-refractivity contribution is 0.285. The average Bonchev–Trinajstić information content (AvgIpc) is 2.61. The van der Waals surface area contributed by atoms with E-state index >= 15 is 0 Å². The first-order valence-corrected chi connectivity index (χ1v) is 10.3. The number of hydrogen-bond acceptors (Lipinski definition) is 5. The Morgan fingerprint density at radius 3 is 2.60 bits per heavy atom. The third-order valence-electron chi connectivity index (χ3n) is 4.79. The van der Waals surface area contributed by atoms with E-state index in [9.17, 15) is 13.7 Å². The minimum absolute atomic E-state index is 0.0230. The van der Waals surface area contributed by atoms with Gasteiger partial charge in [0.1, 0.15) is 6.07 Å². The van der Waals surface area contributed by atoms with Crippen LogP contribution in [-0.4, -0.2) is 49.6 Å². The second-order valence-corrected chi connectivity index (χ2v) is 8.27. The van der Waals surface area contributed by atoms with Crippen LogP contribution in [0, 0.1) is 11.3 Å². The number of benzene rings is 1. The van der Waals surface area contributed by atoms with Gasteiger partial charge in [-0.2, -0.15) is 9.57 Å². The van der Waals surface area contributed by atoms with Crippen LogP contribution in [0.1, 0.15) is 25.3 Å². The molecule has 0 unspecified atom stereocenters. The number of nitriles is 1. The van der Waals surface area contributed by atoms with Crippen molar-refractivity contribution in [1.82, 2.24) is 9.29 Å². The summed E-state index contributed by atoms with van der Waals surface area (Å²) in [7, 11) is -3.19. The van der Waals surface area contributed by atoms with Gasteiger partial charge < -0.3 is 4.90 Å². The van der Waals surface area contributed by atoms with Gasteiger partial charge in [-0.1, -0.05) is 25.1 Å². The molecule has 1 aromatic heterocycles. The summed E-state index contributed by atoms with van der Waals surface area (Å²) in [6.07, 6.45) is 4.40. The Kier molecular flexibility index (Phi) is 4.93. The maximum atomic E-state index is 11.9. The SMILES string of the molecule is CCN(C1CCN(c2c(C#N)cnc3ccccc23)CC1)S(C)(=O)=O. The zero-order valence-electron chi connectivity index (χ0n) is 14.5. The van der Waals surface area contributed by atoms with Crippen molar-refractivity contribution in [3.63, 3.8) is 0 Å². The summed E-state index contributed by atoms with van der Waals surface area (Å²) in [6.45, 7) is 3.81. The first-order valence-electron chi connectivity index (χ1n) is 8.45. The molecule has 0 amide bonds. The number of fused-ring (bicyclic) bond motifs is 1. The third kappa shape index (κ3) is 3.46. The Bertz CT molecular complexity index is 912. The van der Waals surface area contributed by atoms with Crippen molar-refractivity contribution in [3.8, 4) is 6.07 Å². The summed E-state index contributed by atoms with van der Waals surface area (Å²) in [5.41, 5.74) is 2.34. The van der Waals surface area contributed by atoms with E-state index in [1.807, 2.05) is 31.2 Å². The lowest BCUT2D eigenvalue weighted by atomic mass is 10.0. The van der Waals surface area contributed by atoms with Crippen molar-refractivity contribution < 1.29 is 8.42 Å². The minimum atomic E-state index is -3.19. The molecule has 1 aliphatic heterocycles. The first-order chi connectivity index (χ1) is 12.0. The summed E-state index contributed by atoms with van der Waals surface area (Å²) in [5.74, 6) is 0. The maximum Gasteiger partial charge on any atom is 0.211 e. The summed E-state index contributed by atoms with van der Waals surface area (Å²) in [5, 5.41) is 10.5. The van der Waals surface area contributed by atoms with Crippen LogP contribution < -0.4 is 4.90 Å². The number of para-hydroxylation sites is 1. The van der Waals surface area contributed by atoms with E-state index in [2.05, 4.69) is 16.0 Å². The van der Waals surface area contributed by atoms with Gasteiger partial charge in [-0.05, 0) is 18.9 Å². The van der Waals surface area contributed by atoms with Crippen LogP contribution in [0.3, 0.4) is 0 Å². The van der Waals surface area contributed by atoms with Crippen LogP contribution >= 0.6 is 0 Å². The smallest absolute Gasteiger partial charge is 0.211 e. The monoisotopic (exact) mass is 358 g/mol. The largest absolute Gasteiger partial charge is 0.370 e. The van der Waals surface area contributed by atoms with Crippen molar-refractivity contribution >= 4 is 26.6 Å². The molecular formula is C18H22N4O2S. The molecule has 2 aromatic rings. The molecule has 0 bridgehead atoms. The fourth-order valence-corrected chi connectivity index (χ4v) is 4.91. The molecule has 2 heterocycles. The molecule has 0 atom stereocenters. The number of anilines is 1. The first kappa shape index (κ1) is 17.6. The van der Waals surface area contributed by atoms with Crippen LogP contribution in [-0.2, 0) is 10.0 Å². The third-order valence-corrected chi connectivity index (χ3v) is 6.20. The van der Waals surface area contributed by atoms with Gasteiger partial charge in [0, 0.05) is 37.3 Å². The zero-order valence-corrected chi connectivity index (χ0v) is 15.3. The van der Waals surface area contributed by atoms with Gasteiger partial charge in [0.2, 0.25) is 10.0 Å². The molecule has 0 spiro atoms. The second kappa shape index (κ2) is 6.98. The normalized spacial score (nSPS) is 16.3. The van der Waals surface area contributed by atoms with Crippen molar-refractivity contribution in [2.24, 2.45) is 0 Å². The van der Waals surface area contributed by atoms with Gasteiger partial charge in [0.25, 0.3) is 0 Å². The molecule has 1 fully saturated rings. The van der Waals surface area contributed by atoms with Gasteiger partial charge in [-0.15, -0.1) is 0 Å². The minimum Gasteiger partial charge on any atom is -0.370 e. The summed E-state index contributed by atoms with van der Waals surface area (Å²) in [4.78, 5) is 6.55. The molecule has 0 radical (unpaired) electrons. The van der Waals surface area contributed by atoms with E-state index in [4.69, 9.17) is 0 Å². The van der Waals surface area contributed by atoms with Crippen molar-refractivity contribution in [2.75, 3.05) is 30.8 Å². The number of hydrogen-bond donors (Lipinski definition) is 0. The van der Waals surface area contributed by atoms with Gasteiger partial charge >= 0.3 is 0 Å². The number of nitrogens with zero attached hydrogens (tertiary/aromatic N) is 4. The molecule has 1 aliphatic rings. The fraction of sp³-hybridized carbons (Fsp3) is 0.444. The van der Waals surface area contributed by atoms with Crippen LogP contribution in [0.5, 0.6) is 0 Å². The highest BCUT2D eigenvalue weighted by Crippen LogP contribution is 2.32. The van der Waals surface area contributed by atoms with Gasteiger partial charge in [-0.25, -0.2) is 8.42 Å². The Hall–Kier alpha value is -2.17. The highest BCUT2D eigenvalue weighted by Gasteiger charge is 2.30. The van der Waals surface area contributed by atoms with Crippen molar-refractivity contribution in [3.05, 3.63) is 36.0 Å². The molecular weight excluding hydrogens is 336 g/mol. The van der Waals surface area contributed by atoms with Crippen LogP contribution in [0.2, 0.25) is 0 Å². The van der Waals surface area contributed by atoms with E-state index in [0.717, 1.165) is 42.5 Å². The van der Waals surface area contributed by atoms with E-state index in [1.54, 1.807) is 10.5 Å². The predicted octanol–water partition coefficient (Wildman–Crippen LogP) is 2.36. The van der Waals surface area contributed by atoms with Crippen LogP contribution in [0.25, 0.3) is 10.9 Å². The van der Waals surface area contributed by atoms with E-state index in [0.29, 0.717) is 12.1 Å². The van der Waals surface area contributed by atoms with Crippen LogP contribution in [0.4, 0.5) is 5.69 Å². The zero-order chi connectivity index (χ0) is 18.0. The summed E-state index contributed by atoms with van der Waals surface area (Å²) < 4.78 is 25.5. The average molecular weight is 358 g/mol. The molecule has 3 rings (SSSR count). The Balaban J connectivity index is 1.89. The molecule has 1 aromatic carbocycles. The number of rotatable bonds is 4. The van der Waals surface area contributed by atoms with E-state index in [-0.39, 0.29) is 6.04 Å². The number of piperidine rings is 1. The highest BCUT2D eigenvalue weighted by atomic mass is 32.2. The molecule has 6 nitrogen and oxygen atoms in total. The highest BCUT2D eigenvalue weighted by molar-refractivity contribution is 7.88. The molecule has 1 saturated heterocycles. The standard InChI is InChI=1S/C18H22N4O2S/c1-3-22(25(2,23)24)15-8-10-21(11-9-15)18-14(12-19)13-20-17-7-5-4-6-16(17)18/h4-7,13,15H,3,8-11H2,1-2H3. The topological polar surface area (TPSA) is 77.3 Å². The molecule has 7 heteroatoms. The number of aromatic nitrogens is 1.